The van der Waals surface area contributed by atoms with Gasteiger partial charge in [0, 0.05) is 18.2 Å². The number of ketones is 1. The predicted molar refractivity (Wildman–Crippen MR) is 84.3 cm³/mol. The first-order valence-corrected chi connectivity index (χ1v) is 7.77. The molecule has 0 aliphatic heterocycles. The van der Waals surface area contributed by atoms with Crippen LogP contribution in [0.4, 0.5) is 0 Å². The fourth-order valence-corrected chi connectivity index (χ4v) is 2.74. The Kier molecular flexibility index (Phi) is 4.64. The summed E-state index contributed by atoms with van der Waals surface area (Å²) >= 11 is 0. The van der Waals surface area contributed by atoms with Crippen LogP contribution in [0.3, 0.4) is 0 Å². The van der Waals surface area contributed by atoms with Crippen molar-refractivity contribution in [1.29, 1.82) is 0 Å². The first kappa shape index (κ1) is 15.2. The Morgan fingerprint density at radius 3 is 2.35 bits per heavy atom. The average Bonchev–Trinajstić information content (AvgIpc) is 3.21. The maximum atomic E-state index is 12.7. The van der Waals surface area contributed by atoms with Gasteiger partial charge in [0.1, 0.15) is 0 Å². The van der Waals surface area contributed by atoms with Crippen molar-refractivity contribution in [3.8, 4) is 0 Å². The van der Waals surface area contributed by atoms with E-state index in [2.05, 4.69) is 45.6 Å². The van der Waals surface area contributed by atoms with Gasteiger partial charge in [-0.25, -0.2) is 0 Å². The summed E-state index contributed by atoms with van der Waals surface area (Å²) in [7, 11) is 0. The van der Waals surface area contributed by atoms with E-state index in [1.165, 1.54) is 24.0 Å². The van der Waals surface area contributed by atoms with Crippen LogP contribution in [0, 0.1) is 19.8 Å². The molecule has 0 aromatic heterocycles. The zero-order chi connectivity index (χ0) is 14.9. The Morgan fingerprint density at radius 1 is 1.20 bits per heavy atom. The van der Waals surface area contributed by atoms with Crippen molar-refractivity contribution in [1.82, 2.24) is 4.90 Å². The van der Waals surface area contributed by atoms with Crippen LogP contribution in [0.2, 0.25) is 0 Å². The van der Waals surface area contributed by atoms with Crippen LogP contribution in [0.25, 0.3) is 0 Å². The molecular formula is C18H27NO. The van der Waals surface area contributed by atoms with Crippen molar-refractivity contribution >= 4 is 5.78 Å². The average molecular weight is 273 g/mol. The van der Waals surface area contributed by atoms with Crippen molar-refractivity contribution in [2.24, 2.45) is 5.92 Å². The number of rotatable bonds is 6. The van der Waals surface area contributed by atoms with Crippen LogP contribution < -0.4 is 0 Å². The highest BCUT2D eigenvalue weighted by molar-refractivity contribution is 6.00. The minimum absolute atomic E-state index is 0.00740. The van der Waals surface area contributed by atoms with Crippen LogP contribution in [0.1, 0.15) is 55.1 Å². The highest BCUT2D eigenvalue weighted by Crippen LogP contribution is 2.30. The SMILES string of the molecule is Cc1ccc(C(=O)C(C)N(CC(C)C)C2CC2)cc1C. The Hall–Kier alpha value is -1.15. The molecule has 2 nitrogen and oxygen atoms in total. The molecule has 0 amide bonds. The second-order valence-electron chi connectivity index (χ2n) is 6.66. The lowest BCUT2D eigenvalue weighted by molar-refractivity contribution is 0.0807. The van der Waals surface area contributed by atoms with Crippen LogP contribution in [-0.2, 0) is 0 Å². The fraction of sp³-hybridized carbons (Fsp3) is 0.611. The topological polar surface area (TPSA) is 20.3 Å². The number of Topliss-reactive ketones (excluding diaryl/α,β-unsaturated/α-hetero) is 1. The van der Waals surface area contributed by atoms with Gasteiger partial charge in [0.2, 0.25) is 0 Å². The maximum Gasteiger partial charge on any atom is 0.179 e. The van der Waals surface area contributed by atoms with E-state index in [0.29, 0.717) is 12.0 Å². The zero-order valence-corrected chi connectivity index (χ0v) is 13.4. The molecular weight excluding hydrogens is 246 g/mol. The third kappa shape index (κ3) is 3.49. The third-order valence-electron chi connectivity index (χ3n) is 4.26. The van der Waals surface area contributed by atoms with Gasteiger partial charge in [-0.15, -0.1) is 0 Å². The molecule has 0 bridgehead atoms. The molecule has 1 unspecified atom stereocenters. The van der Waals surface area contributed by atoms with Crippen LogP contribution in [0.5, 0.6) is 0 Å². The molecule has 2 heteroatoms. The van der Waals surface area contributed by atoms with Gasteiger partial charge in [-0.2, -0.15) is 0 Å². The van der Waals surface area contributed by atoms with Gasteiger partial charge in [-0.05, 0) is 56.7 Å². The van der Waals surface area contributed by atoms with E-state index >= 15 is 0 Å². The Bertz CT molecular complexity index is 488. The van der Waals surface area contributed by atoms with Gasteiger partial charge < -0.3 is 0 Å². The second kappa shape index (κ2) is 6.09. The first-order chi connectivity index (χ1) is 9.40. The summed E-state index contributed by atoms with van der Waals surface area (Å²) in [5, 5.41) is 0. The Balaban J connectivity index is 2.15. The second-order valence-corrected chi connectivity index (χ2v) is 6.66. The monoisotopic (exact) mass is 273 g/mol. The Labute approximate surface area is 123 Å². The number of benzene rings is 1. The summed E-state index contributed by atoms with van der Waals surface area (Å²) in [5.41, 5.74) is 3.30. The number of aryl methyl sites for hydroxylation is 2. The third-order valence-corrected chi connectivity index (χ3v) is 4.26. The van der Waals surface area contributed by atoms with Crippen molar-refractivity contribution in [2.75, 3.05) is 6.54 Å². The van der Waals surface area contributed by atoms with Gasteiger partial charge in [0.05, 0.1) is 6.04 Å². The molecule has 20 heavy (non-hydrogen) atoms. The molecule has 0 heterocycles. The van der Waals surface area contributed by atoms with Gasteiger partial charge >= 0.3 is 0 Å². The minimum Gasteiger partial charge on any atom is -0.292 e. The summed E-state index contributed by atoms with van der Waals surface area (Å²) in [6.45, 7) is 11.7. The molecule has 1 aliphatic carbocycles. The summed E-state index contributed by atoms with van der Waals surface area (Å²) < 4.78 is 0. The minimum atomic E-state index is -0.00740. The molecule has 1 saturated carbocycles. The van der Waals surface area contributed by atoms with Crippen molar-refractivity contribution in [3.63, 3.8) is 0 Å². The van der Waals surface area contributed by atoms with Gasteiger partial charge in [-0.1, -0.05) is 26.0 Å². The molecule has 0 saturated heterocycles. The predicted octanol–water partition coefficient (Wildman–Crippen LogP) is 4.00. The molecule has 0 N–H and O–H groups in total. The normalized spacial score (nSPS) is 16.8. The zero-order valence-electron chi connectivity index (χ0n) is 13.4. The van der Waals surface area contributed by atoms with Crippen LogP contribution in [-0.4, -0.2) is 29.3 Å². The van der Waals surface area contributed by atoms with Crippen LogP contribution in [0.15, 0.2) is 18.2 Å². The quantitative estimate of drug-likeness (QED) is 0.730. The van der Waals surface area contributed by atoms with E-state index in [1.54, 1.807) is 0 Å². The summed E-state index contributed by atoms with van der Waals surface area (Å²) in [6.07, 6.45) is 2.49. The molecule has 1 atom stereocenters. The number of carbonyl (C=O) groups is 1. The summed E-state index contributed by atoms with van der Waals surface area (Å²) in [6, 6.07) is 6.69. The lowest BCUT2D eigenvalue weighted by Gasteiger charge is -2.29. The van der Waals surface area contributed by atoms with Gasteiger partial charge in [0.25, 0.3) is 0 Å². The summed E-state index contributed by atoms with van der Waals surface area (Å²) in [4.78, 5) is 15.1. The fourth-order valence-electron chi connectivity index (χ4n) is 2.74. The van der Waals surface area contributed by atoms with Gasteiger partial charge in [-0.3, -0.25) is 9.69 Å². The van der Waals surface area contributed by atoms with E-state index in [1.807, 2.05) is 12.1 Å². The van der Waals surface area contributed by atoms with E-state index in [4.69, 9.17) is 0 Å². The first-order valence-electron chi connectivity index (χ1n) is 7.77. The molecule has 1 aromatic rings. The van der Waals surface area contributed by atoms with Crippen LogP contribution >= 0.6 is 0 Å². The number of hydrogen-bond donors (Lipinski definition) is 0. The number of carbonyl (C=O) groups excluding carboxylic acids is 1. The Morgan fingerprint density at radius 2 is 1.85 bits per heavy atom. The van der Waals surface area contributed by atoms with E-state index in [-0.39, 0.29) is 11.8 Å². The molecule has 1 fully saturated rings. The van der Waals surface area contributed by atoms with E-state index in [0.717, 1.165) is 12.1 Å². The maximum absolute atomic E-state index is 12.7. The van der Waals surface area contributed by atoms with E-state index < -0.39 is 0 Å². The van der Waals surface area contributed by atoms with Crippen molar-refractivity contribution < 1.29 is 4.79 Å². The highest BCUT2D eigenvalue weighted by Gasteiger charge is 2.35. The van der Waals surface area contributed by atoms with Gasteiger partial charge in [0.15, 0.2) is 5.78 Å². The lowest BCUT2D eigenvalue weighted by atomic mass is 9.99. The molecule has 1 aliphatic rings. The lowest BCUT2D eigenvalue weighted by Crippen LogP contribution is -2.42. The summed E-state index contributed by atoms with van der Waals surface area (Å²) in [5.74, 6) is 0.867. The molecule has 1 aromatic carbocycles. The highest BCUT2D eigenvalue weighted by atomic mass is 16.1. The van der Waals surface area contributed by atoms with E-state index in [9.17, 15) is 4.79 Å². The molecule has 0 radical (unpaired) electrons. The number of hydrogen-bond acceptors (Lipinski definition) is 2. The van der Waals surface area contributed by atoms with Crippen molar-refractivity contribution in [3.05, 3.63) is 34.9 Å². The smallest absolute Gasteiger partial charge is 0.179 e. The standard InChI is InChI=1S/C18H27NO/c1-12(2)11-19(17-8-9-17)15(5)18(20)16-7-6-13(3)14(4)10-16/h6-7,10,12,15,17H,8-9,11H2,1-5H3. The molecule has 2 rings (SSSR count). The molecule has 0 spiro atoms. The largest absolute Gasteiger partial charge is 0.292 e. The van der Waals surface area contributed by atoms with Crippen molar-refractivity contribution in [2.45, 2.75) is 59.5 Å². The molecule has 110 valence electrons. The number of nitrogens with zero attached hydrogens (tertiary/aromatic N) is 1.